The highest BCUT2D eigenvalue weighted by Crippen LogP contribution is 2.24. The average Bonchev–Trinajstić information content (AvgIpc) is 2.45. The normalized spacial score (nSPS) is 12.6. The van der Waals surface area contributed by atoms with Crippen LogP contribution in [0.15, 0.2) is 60.7 Å². The predicted octanol–water partition coefficient (Wildman–Crippen LogP) is 4.31. The van der Waals surface area contributed by atoms with Crippen molar-refractivity contribution in [1.82, 2.24) is 4.90 Å². The minimum Gasteiger partial charge on any atom is -0.302 e. The Bertz CT molecular complexity index is 462. The van der Waals surface area contributed by atoms with Gasteiger partial charge in [-0.2, -0.15) is 0 Å². The Labute approximate surface area is 116 Å². The molecule has 19 heavy (non-hydrogen) atoms. The fraction of sp³-hybridized carbons (Fsp3) is 0.333. The summed E-state index contributed by atoms with van der Waals surface area (Å²) in [6, 6.07) is 22.1. The zero-order chi connectivity index (χ0) is 13.5. The molecule has 0 saturated carbocycles. The highest BCUT2D eigenvalue weighted by Gasteiger charge is 2.12. The van der Waals surface area contributed by atoms with Crippen molar-refractivity contribution in [3.63, 3.8) is 0 Å². The van der Waals surface area contributed by atoms with Crippen LogP contribution < -0.4 is 0 Å². The van der Waals surface area contributed by atoms with Crippen LogP contribution in [0.3, 0.4) is 0 Å². The van der Waals surface area contributed by atoms with Crippen LogP contribution in [-0.4, -0.2) is 19.0 Å². The molecule has 0 amide bonds. The maximum atomic E-state index is 2.32. The lowest BCUT2D eigenvalue weighted by molar-refractivity contribution is 0.279. The smallest absolute Gasteiger partial charge is 0.0342 e. The molecule has 1 heteroatoms. The first kappa shape index (κ1) is 13.8. The minimum atomic E-state index is 0.518. The van der Waals surface area contributed by atoms with Gasteiger partial charge < -0.3 is 4.90 Å². The lowest BCUT2D eigenvalue weighted by Crippen LogP contribution is -2.20. The van der Waals surface area contributed by atoms with Crippen molar-refractivity contribution in [2.45, 2.75) is 25.3 Å². The molecule has 0 bridgehead atoms. The largest absolute Gasteiger partial charge is 0.302 e. The van der Waals surface area contributed by atoms with Gasteiger partial charge in [-0.25, -0.2) is 0 Å². The van der Waals surface area contributed by atoms with Crippen LogP contribution in [0, 0.1) is 0 Å². The summed E-state index contributed by atoms with van der Waals surface area (Å²) in [7, 11) is 4.33. The standard InChI is InChI=1S/C18H23N/c1-19(2)18(17-13-7-4-8-14-17)15-9-12-16-10-5-3-6-11-16/h3-8,10-11,13-14,18H,9,12,15H2,1-2H3. The van der Waals surface area contributed by atoms with Gasteiger partial charge in [0.05, 0.1) is 0 Å². The summed E-state index contributed by atoms with van der Waals surface area (Å²) in [6.45, 7) is 0. The van der Waals surface area contributed by atoms with Gasteiger partial charge in [0.2, 0.25) is 0 Å². The van der Waals surface area contributed by atoms with Gasteiger partial charge in [0.15, 0.2) is 0 Å². The second-order valence-electron chi connectivity index (χ2n) is 5.27. The van der Waals surface area contributed by atoms with Crippen LogP contribution in [0.1, 0.15) is 30.0 Å². The molecule has 0 N–H and O–H groups in total. The van der Waals surface area contributed by atoms with E-state index in [9.17, 15) is 0 Å². The van der Waals surface area contributed by atoms with E-state index in [1.807, 2.05) is 0 Å². The summed E-state index contributed by atoms with van der Waals surface area (Å²) in [5.41, 5.74) is 2.86. The number of rotatable bonds is 6. The molecule has 0 radical (unpaired) electrons. The minimum absolute atomic E-state index is 0.518. The molecule has 1 unspecified atom stereocenters. The topological polar surface area (TPSA) is 3.24 Å². The van der Waals surface area contributed by atoms with E-state index >= 15 is 0 Å². The summed E-state index contributed by atoms with van der Waals surface area (Å²) in [5.74, 6) is 0. The molecule has 0 aliphatic carbocycles. The summed E-state index contributed by atoms with van der Waals surface area (Å²) < 4.78 is 0. The maximum absolute atomic E-state index is 2.32. The van der Waals surface area contributed by atoms with Gasteiger partial charge in [-0.3, -0.25) is 0 Å². The second-order valence-corrected chi connectivity index (χ2v) is 5.27. The summed E-state index contributed by atoms with van der Waals surface area (Å²) in [6.07, 6.45) is 3.59. The van der Waals surface area contributed by atoms with Crippen LogP contribution >= 0.6 is 0 Å². The van der Waals surface area contributed by atoms with E-state index in [2.05, 4.69) is 79.7 Å². The number of hydrogen-bond donors (Lipinski definition) is 0. The third-order valence-corrected chi connectivity index (χ3v) is 3.59. The summed E-state index contributed by atoms with van der Waals surface area (Å²) in [4.78, 5) is 2.32. The number of nitrogens with zero attached hydrogens (tertiary/aromatic N) is 1. The molecule has 2 aromatic carbocycles. The van der Waals surface area contributed by atoms with Crippen LogP contribution in [0.5, 0.6) is 0 Å². The molecule has 0 aliphatic rings. The molecule has 0 spiro atoms. The zero-order valence-corrected chi connectivity index (χ0v) is 11.9. The van der Waals surface area contributed by atoms with Crippen molar-refractivity contribution in [1.29, 1.82) is 0 Å². The molecule has 0 aliphatic heterocycles. The third kappa shape index (κ3) is 4.22. The van der Waals surface area contributed by atoms with Gasteiger partial charge >= 0.3 is 0 Å². The fourth-order valence-corrected chi connectivity index (χ4v) is 2.54. The lowest BCUT2D eigenvalue weighted by atomic mass is 9.98. The first-order valence-corrected chi connectivity index (χ1v) is 7.02. The molecule has 0 heterocycles. The molecule has 0 aromatic heterocycles. The van der Waals surface area contributed by atoms with Crippen LogP contribution in [0.2, 0.25) is 0 Å². The van der Waals surface area contributed by atoms with E-state index in [0.29, 0.717) is 6.04 Å². The highest BCUT2D eigenvalue weighted by atomic mass is 15.1. The molecule has 1 nitrogen and oxygen atoms in total. The molecule has 1 atom stereocenters. The molecule has 0 fully saturated rings. The number of hydrogen-bond acceptors (Lipinski definition) is 1. The molecule has 0 saturated heterocycles. The third-order valence-electron chi connectivity index (χ3n) is 3.59. The molecular formula is C18H23N. The van der Waals surface area contributed by atoms with Crippen LogP contribution in [0.4, 0.5) is 0 Å². The molecular weight excluding hydrogens is 230 g/mol. The Morgan fingerprint density at radius 3 is 2.00 bits per heavy atom. The van der Waals surface area contributed by atoms with Gasteiger partial charge in [-0.1, -0.05) is 60.7 Å². The monoisotopic (exact) mass is 253 g/mol. The molecule has 2 rings (SSSR count). The Hall–Kier alpha value is -1.60. The van der Waals surface area contributed by atoms with Crippen molar-refractivity contribution in [3.8, 4) is 0 Å². The van der Waals surface area contributed by atoms with E-state index in [0.717, 1.165) is 6.42 Å². The van der Waals surface area contributed by atoms with Gasteiger partial charge in [0, 0.05) is 6.04 Å². The SMILES string of the molecule is CN(C)C(CCCc1ccccc1)c1ccccc1. The van der Waals surface area contributed by atoms with E-state index in [1.54, 1.807) is 0 Å². The Balaban J connectivity index is 1.92. The Morgan fingerprint density at radius 2 is 1.42 bits per heavy atom. The van der Waals surface area contributed by atoms with E-state index in [4.69, 9.17) is 0 Å². The predicted molar refractivity (Wildman–Crippen MR) is 82.3 cm³/mol. The lowest BCUT2D eigenvalue weighted by Gasteiger charge is -2.24. The van der Waals surface area contributed by atoms with Crippen LogP contribution in [-0.2, 0) is 6.42 Å². The zero-order valence-electron chi connectivity index (χ0n) is 11.9. The van der Waals surface area contributed by atoms with Crippen molar-refractivity contribution in [2.24, 2.45) is 0 Å². The van der Waals surface area contributed by atoms with Crippen molar-refractivity contribution in [2.75, 3.05) is 14.1 Å². The quantitative estimate of drug-likeness (QED) is 0.741. The first-order chi connectivity index (χ1) is 9.27. The van der Waals surface area contributed by atoms with E-state index in [1.165, 1.54) is 24.0 Å². The number of aryl methyl sites for hydroxylation is 1. The van der Waals surface area contributed by atoms with E-state index < -0.39 is 0 Å². The Morgan fingerprint density at radius 1 is 0.842 bits per heavy atom. The summed E-state index contributed by atoms with van der Waals surface area (Å²) in [5, 5.41) is 0. The van der Waals surface area contributed by atoms with Gasteiger partial charge in [0.1, 0.15) is 0 Å². The average molecular weight is 253 g/mol. The van der Waals surface area contributed by atoms with Gasteiger partial charge in [-0.05, 0) is 44.5 Å². The number of benzene rings is 2. The molecule has 100 valence electrons. The van der Waals surface area contributed by atoms with Crippen molar-refractivity contribution >= 4 is 0 Å². The van der Waals surface area contributed by atoms with Gasteiger partial charge in [0.25, 0.3) is 0 Å². The van der Waals surface area contributed by atoms with Gasteiger partial charge in [-0.15, -0.1) is 0 Å². The second kappa shape index (κ2) is 7.10. The first-order valence-electron chi connectivity index (χ1n) is 7.02. The van der Waals surface area contributed by atoms with Crippen LogP contribution in [0.25, 0.3) is 0 Å². The van der Waals surface area contributed by atoms with Crippen molar-refractivity contribution in [3.05, 3.63) is 71.8 Å². The fourth-order valence-electron chi connectivity index (χ4n) is 2.54. The highest BCUT2D eigenvalue weighted by molar-refractivity contribution is 5.19. The van der Waals surface area contributed by atoms with Crippen molar-refractivity contribution < 1.29 is 0 Å². The summed E-state index contributed by atoms with van der Waals surface area (Å²) >= 11 is 0. The van der Waals surface area contributed by atoms with E-state index in [-0.39, 0.29) is 0 Å². The Kier molecular flexibility index (Phi) is 5.17. The maximum Gasteiger partial charge on any atom is 0.0342 e. The molecule has 2 aromatic rings.